The molecule has 0 radical (unpaired) electrons. The number of hydrogen-bond donors (Lipinski definition) is 0. The lowest BCUT2D eigenvalue weighted by atomic mass is 10.3. The molecule has 1 saturated heterocycles. The van der Waals surface area contributed by atoms with Gasteiger partial charge in [-0.1, -0.05) is 48.2 Å². The number of aromatic nitrogens is 1. The van der Waals surface area contributed by atoms with Gasteiger partial charge in [-0.15, -0.1) is 22.7 Å². The van der Waals surface area contributed by atoms with Gasteiger partial charge in [-0.05, 0) is 29.7 Å². The van der Waals surface area contributed by atoms with Crippen molar-refractivity contribution in [2.45, 2.75) is 0 Å². The average molecular weight is 387 g/mol. The molecule has 3 nitrogen and oxygen atoms in total. The van der Waals surface area contributed by atoms with Crippen molar-refractivity contribution in [3.8, 4) is 9.88 Å². The fraction of sp³-hybridized carbons (Fsp3) is 0. The first-order chi connectivity index (χ1) is 11.7. The van der Waals surface area contributed by atoms with Gasteiger partial charge in [0.05, 0.1) is 21.2 Å². The summed E-state index contributed by atoms with van der Waals surface area (Å²) >= 11 is 9.92. The highest BCUT2D eigenvalue weighted by Gasteiger charge is 2.33. The van der Waals surface area contributed by atoms with Gasteiger partial charge in [0, 0.05) is 5.38 Å². The minimum atomic E-state index is -0.0955. The van der Waals surface area contributed by atoms with Crippen LogP contribution in [0.2, 0.25) is 0 Å². The number of amides is 1. The van der Waals surface area contributed by atoms with E-state index in [9.17, 15) is 4.79 Å². The number of thiazole rings is 1. The fourth-order valence-electron chi connectivity index (χ4n) is 2.27. The molecule has 0 aliphatic carbocycles. The molecule has 24 heavy (non-hydrogen) atoms. The maximum atomic E-state index is 12.7. The number of carbonyl (C=O) groups is 1. The molecule has 7 heteroatoms. The second kappa shape index (κ2) is 6.60. The second-order valence-corrected chi connectivity index (χ2v) is 8.39. The number of carbonyl (C=O) groups excluding carboxylic acids is 1. The summed E-state index contributed by atoms with van der Waals surface area (Å²) in [4.78, 5) is 20.6. The zero-order valence-corrected chi connectivity index (χ0v) is 15.5. The summed E-state index contributed by atoms with van der Waals surface area (Å²) in [6.07, 6.45) is 1.82. The van der Waals surface area contributed by atoms with E-state index in [4.69, 9.17) is 12.2 Å². The van der Waals surface area contributed by atoms with Gasteiger partial charge in [0.1, 0.15) is 5.01 Å². The third-order valence-electron chi connectivity index (χ3n) is 3.34. The Bertz CT molecular complexity index is 929. The molecule has 3 heterocycles. The van der Waals surface area contributed by atoms with Crippen LogP contribution < -0.4 is 4.90 Å². The highest BCUT2D eigenvalue weighted by atomic mass is 32.2. The van der Waals surface area contributed by atoms with E-state index in [0.29, 0.717) is 9.23 Å². The minimum absolute atomic E-state index is 0.0955. The number of rotatable bonds is 3. The Kier molecular flexibility index (Phi) is 4.32. The van der Waals surface area contributed by atoms with Crippen LogP contribution in [0.25, 0.3) is 16.0 Å². The molecule has 1 amide bonds. The van der Waals surface area contributed by atoms with Crippen molar-refractivity contribution in [1.82, 2.24) is 4.98 Å². The van der Waals surface area contributed by atoms with E-state index in [2.05, 4.69) is 4.98 Å². The molecule has 0 bridgehead atoms. The molecule has 3 aromatic rings. The summed E-state index contributed by atoms with van der Waals surface area (Å²) in [5, 5.41) is 4.96. The van der Waals surface area contributed by atoms with Gasteiger partial charge in [-0.2, -0.15) is 0 Å². The average Bonchev–Trinajstić information content (AvgIpc) is 3.31. The lowest BCUT2D eigenvalue weighted by Crippen LogP contribution is -2.27. The summed E-state index contributed by atoms with van der Waals surface area (Å²) in [6.45, 7) is 0. The third-order valence-corrected chi connectivity index (χ3v) is 6.54. The van der Waals surface area contributed by atoms with Gasteiger partial charge >= 0.3 is 0 Å². The van der Waals surface area contributed by atoms with Crippen molar-refractivity contribution in [1.29, 1.82) is 0 Å². The molecule has 0 spiro atoms. The molecule has 1 aromatic carbocycles. The lowest BCUT2D eigenvalue weighted by Gasteiger charge is -2.13. The van der Waals surface area contributed by atoms with Crippen molar-refractivity contribution >= 4 is 68.6 Å². The molecular formula is C17H10N2OS4. The second-order valence-electron chi connectivity index (χ2n) is 4.91. The Balaban J connectivity index is 1.62. The number of hydrogen-bond acceptors (Lipinski definition) is 6. The van der Waals surface area contributed by atoms with Crippen molar-refractivity contribution in [2.75, 3.05) is 4.90 Å². The quantitative estimate of drug-likeness (QED) is 0.453. The summed E-state index contributed by atoms with van der Waals surface area (Å²) in [5.41, 5.74) is 1.58. The van der Waals surface area contributed by atoms with Crippen LogP contribution in [0.1, 0.15) is 5.69 Å². The molecule has 0 N–H and O–H groups in total. The lowest BCUT2D eigenvalue weighted by molar-refractivity contribution is -0.113. The van der Waals surface area contributed by atoms with E-state index >= 15 is 0 Å². The highest BCUT2D eigenvalue weighted by Crippen LogP contribution is 2.36. The first-order valence-electron chi connectivity index (χ1n) is 7.05. The summed E-state index contributed by atoms with van der Waals surface area (Å²) in [6, 6.07) is 13.5. The van der Waals surface area contributed by atoms with Gasteiger partial charge < -0.3 is 0 Å². The Hall–Kier alpha value is -1.80. The molecule has 0 atom stereocenters. The number of thiophene rings is 1. The van der Waals surface area contributed by atoms with Crippen molar-refractivity contribution in [3.05, 3.63) is 63.8 Å². The zero-order chi connectivity index (χ0) is 16.5. The van der Waals surface area contributed by atoms with E-state index in [1.165, 1.54) is 11.8 Å². The van der Waals surface area contributed by atoms with Crippen molar-refractivity contribution in [3.63, 3.8) is 0 Å². The van der Waals surface area contributed by atoms with Gasteiger partial charge in [0.15, 0.2) is 4.32 Å². The smallest absolute Gasteiger partial charge is 0.268 e. The summed E-state index contributed by atoms with van der Waals surface area (Å²) < 4.78 is 0.547. The standard InChI is InChI=1S/C17H10N2OS4/c20-16-14(24-17(21)19(16)12-5-2-1-3-6-12)9-11-10-23-15(18-11)13-7-4-8-22-13/h1-10H. The number of anilines is 1. The van der Waals surface area contributed by atoms with E-state index in [0.717, 1.165) is 21.3 Å². The van der Waals surface area contributed by atoms with E-state index in [1.807, 2.05) is 59.3 Å². The summed E-state index contributed by atoms with van der Waals surface area (Å²) in [7, 11) is 0. The number of thiocarbonyl (C=S) groups is 1. The Morgan fingerprint density at radius 2 is 1.92 bits per heavy atom. The monoisotopic (exact) mass is 386 g/mol. The zero-order valence-electron chi connectivity index (χ0n) is 12.2. The highest BCUT2D eigenvalue weighted by molar-refractivity contribution is 8.27. The predicted octanol–water partition coefficient (Wildman–Crippen LogP) is 5.28. The van der Waals surface area contributed by atoms with Gasteiger partial charge in [0.25, 0.3) is 5.91 Å². The fourth-order valence-corrected chi connectivity index (χ4v) is 5.14. The summed E-state index contributed by atoms with van der Waals surface area (Å²) in [5.74, 6) is -0.0955. The number of nitrogens with zero attached hydrogens (tertiary/aromatic N) is 2. The Morgan fingerprint density at radius 3 is 2.67 bits per heavy atom. The Morgan fingerprint density at radius 1 is 1.08 bits per heavy atom. The van der Waals surface area contributed by atoms with Crippen LogP contribution in [0.5, 0.6) is 0 Å². The molecular weight excluding hydrogens is 376 g/mol. The predicted molar refractivity (Wildman–Crippen MR) is 108 cm³/mol. The first-order valence-corrected chi connectivity index (χ1v) is 10.0. The van der Waals surface area contributed by atoms with Crippen LogP contribution in [0.3, 0.4) is 0 Å². The van der Waals surface area contributed by atoms with Crippen LogP contribution in [-0.4, -0.2) is 15.2 Å². The van der Waals surface area contributed by atoms with Gasteiger partial charge in [0.2, 0.25) is 0 Å². The van der Waals surface area contributed by atoms with Crippen molar-refractivity contribution < 1.29 is 4.79 Å². The SMILES string of the molecule is O=C1C(=Cc2csc(-c3cccs3)n2)SC(=S)N1c1ccccc1. The molecule has 118 valence electrons. The molecule has 0 saturated carbocycles. The third kappa shape index (κ3) is 2.95. The topological polar surface area (TPSA) is 33.2 Å². The van der Waals surface area contributed by atoms with Gasteiger partial charge in [-0.3, -0.25) is 9.69 Å². The van der Waals surface area contributed by atoms with Crippen LogP contribution in [0.15, 0.2) is 58.1 Å². The normalized spacial score (nSPS) is 16.3. The van der Waals surface area contributed by atoms with Crippen LogP contribution in [0, 0.1) is 0 Å². The largest absolute Gasteiger partial charge is 0.270 e. The van der Waals surface area contributed by atoms with Gasteiger partial charge in [-0.25, -0.2) is 4.98 Å². The molecule has 4 rings (SSSR count). The number of benzene rings is 1. The van der Waals surface area contributed by atoms with E-state index in [-0.39, 0.29) is 5.91 Å². The van der Waals surface area contributed by atoms with Crippen molar-refractivity contribution in [2.24, 2.45) is 0 Å². The molecule has 2 aromatic heterocycles. The first kappa shape index (κ1) is 15.7. The molecule has 1 fully saturated rings. The molecule has 0 unspecified atom stereocenters. The molecule has 1 aliphatic heterocycles. The molecule has 1 aliphatic rings. The Labute approximate surface area is 156 Å². The minimum Gasteiger partial charge on any atom is -0.268 e. The number of thioether (sulfide) groups is 1. The maximum Gasteiger partial charge on any atom is 0.270 e. The van der Waals surface area contributed by atoms with E-state index < -0.39 is 0 Å². The maximum absolute atomic E-state index is 12.7. The number of para-hydroxylation sites is 1. The van der Waals surface area contributed by atoms with Crippen LogP contribution in [0.4, 0.5) is 5.69 Å². The van der Waals surface area contributed by atoms with Crippen LogP contribution >= 0.6 is 46.7 Å². The van der Waals surface area contributed by atoms with E-state index in [1.54, 1.807) is 27.6 Å². The van der Waals surface area contributed by atoms with Crippen LogP contribution in [-0.2, 0) is 4.79 Å².